The molecule has 0 rings (SSSR count). The molecule has 0 aromatic heterocycles. The molecule has 114 valence electrons. The average molecular weight is 287 g/mol. The Bertz CT molecular complexity index is 266. The standard InChI is InChI=1S/C16H34O2Si/c1-8-9-10-11-12-15(14(2)13-17)18-19(6,7)16(3,4)5/h15,17H,2,8-13H2,1,3-7H3/t15-/m0/s1. The van der Waals surface area contributed by atoms with E-state index in [4.69, 9.17) is 4.43 Å². The van der Waals surface area contributed by atoms with E-state index >= 15 is 0 Å². The highest BCUT2D eigenvalue weighted by molar-refractivity contribution is 6.74. The average Bonchev–Trinajstić information content (AvgIpc) is 2.30. The van der Waals surface area contributed by atoms with Gasteiger partial charge in [-0.05, 0) is 30.1 Å². The first-order valence-corrected chi connectivity index (χ1v) is 10.5. The maximum Gasteiger partial charge on any atom is 0.192 e. The second kappa shape index (κ2) is 8.23. The molecule has 0 aromatic carbocycles. The zero-order valence-electron chi connectivity index (χ0n) is 13.9. The highest BCUT2D eigenvalue weighted by atomic mass is 28.4. The molecule has 0 saturated heterocycles. The van der Waals surface area contributed by atoms with Gasteiger partial charge in [-0.1, -0.05) is 60.0 Å². The molecule has 2 nitrogen and oxygen atoms in total. The van der Waals surface area contributed by atoms with Crippen molar-refractivity contribution in [3.8, 4) is 0 Å². The molecule has 0 fully saturated rings. The van der Waals surface area contributed by atoms with Crippen molar-refractivity contribution in [2.45, 2.75) is 84.0 Å². The molecular weight excluding hydrogens is 252 g/mol. The van der Waals surface area contributed by atoms with E-state index in [0.29, 0.717) is 0 Å². The molecule has 0 unspecified atom stereocenters. The Hall–Kier alpha value is -0.123. The summed E-state index contributed by atoms with van der Waals surface area (Å²) in [6.07, 6.45) is 5.94. The number of unbranched alkanes of at least 4 members (excludes halogenated alkanes) is 3. The van der Waals surface area contributed by atoms with Crippen molar-refractivity contribution in [2.75, 3.05) is 6.61 Å². The second-order valence-electron chi connectivity index (χ2n) is 7.03. The minimum atomic E-state index is -1.79. The molecule has 0 spiro atoms. The Balaban J connectivity index is 4.56. The van der Waals surface area contributed by atoms with Gasteiger partial charge in [0.05, 0.1) is 12.7 Å². The first kappa shape index (κ1) is 18.9. The number of hydrogen-bond acceptors (Lipinski definition) is 2. The Morgan fingerprint density at radius 3 is 2.21 bits per heavy atom. The molecule has 3 heteroatoms. The Kier molecular flexibility index (Phi) is 8.17. The minimum absolute atomic E-state index is 0.0303. The fraction of sp³-hybridized carbons (Fsp3) is 0.875. The van der Waals surface area contributed by atoms with Crippen LogP contribution in [0.5, 0.6) is 0 Å². The van der Waals surface area contributed by atoms with Gasteiger partial charge in [0.25, 0.3) is 0 Å². The van der Waals surface area contributed by atoms with Crippen LogP contribution in [0, 0.1) is 0 Å². The van der Waals surface area contributed by atoms with Gasteiger partial charge in [0.1, 0.15) is 0 Å². The third-order valence-corrected chi connectivity index (χ3v) is 8.71. The molecule has 0 saturated carbocycles. The lowest BCUT2D eigenvalue weighted by molar-refractivity contribution is 0.180. The molecule has 19 heavy (non-hydrogen) atoms. The molecule has 1 atom stereocenters. The van der Waals surface area contributed by atoms with Crippen molar-refractivity contribution < 1.29 is 9.53 Å². The van der Waals surface area contributed by atoms with E-state index in [1.807, 2.05) is 0 Å². The smallest absolute Gasteiger partial charge is 0.192 e. The Labute approximate surface area is 121 Å². The SMILES string of the molecule is C=C(CO)[C@H](CCCCCC)O[Si](C)(C)C(C)(C)C. The molecular formula is C16H34O2Si. The van der Waals surface area contributed by atoms with Crippen LogP contribution in [-0.4, -0.2) is 26.1 Å². The van der Waals surface area contributed by atoms with E-state index in [2.05, 4.69) is 47.4 Å². The van der Waals surface area contributed by atoms with E-state index < -0.39 is 8.32 Å². The second-order valence-corrected chi connectivity index (χ2v) is 11.8. The first-order chi connectivity index (χ1) is 8.65. The van der Waals surface area contributed by atoms with Crippen molar-refractivity contribution in [3.63, 3.8) is 0 Å². The van der Waals surface area contributed by atoms with Gasteiger partial charge < -0.3 is 9.53 Å². The number of aliphatic hydroxyl groups is 1. The summed E-state index contributed by atoms with van der Waals surface area (Å²) in [6.45, 7) is 17.5. The van der Waals surface area contributed by atoms with Crippen molar-refractivity contribution in [3.05, 3.63) is 12.2 Å². The third-order valence-electron chi connectivity index (χ3n) is 4.22. The molecule has 0 bridgehead atoms. The van der Waals surface area contributed by atoms with Gasteiger partial charge >= 0.3 is 0 Å². The van der Waals surface area contributed by atoms with Crippen LogP contribution in [0.25, 0.3) is 0 Å². The number of rotatable bonds is 9. The summed E-state index contributed by atoms with van der Waals surface area (Å²) < 4.78 is 6.41. The Morgan fingerprint density at radius 2 is 1.79 bits per heavy atom. The molecule has 0 heterocycles. The maximum absolute atomic E-state index is 9.34. The van der Waals surface area contributed by atoms with Crippen LogP contribution in [-0.2, 0) is 4.43 Å². The fourth-order valence-corrected chi connectivity index (χ4v) is 3.09. The van der Waals surface area contributed by atoms with Crippen LogP contribution in [0.3, 0.4) is 0 Å². The largest absolute Gasteiger partial charge is 0.410 e. The molecule has 0 amide bonds. The van der Waals surface area contributed by atoms with E-state index in [0.717, 1.165) is 18.4 Å². The van der Waals surface area contributed by atoms with Crippen molar-refractivity contribution in [2.24, 2.45) is 0 Å². The predicted octanol–water partition coefficient (Wildman–Crippen LogP) is 4.90. The lowest BCUT2D eigenvalue weighted by atomic mass is 10.0. The van der Waals surface area contributed by atoms with Gasteiger partial charge in [-0.15, -0.1) is 0 Å². The summed E-state index contributed by atoms with van der Waals surface area (Å²) in [7, 11) is -1.79. The summed E-state index contributed by atoms with van der Waals surface area (Å²) in [5, 5.41) is 9.54. The fourth-order valence-electron chi connectivity index (χ4n) is 1.74. The number of aliphatic hydroxyl groups excluding tert-OH is 1. The molecule has 0 aliphatic rings. The van der Waals surface area contributed by atoms with Crippen molar-refractivity contribution >= 4 is 8.32 Å². The van der Waals surface area contributed by atoms with Crippen molar-refractivity contribution in [1.29, 1.82) is 0 Å². The first-order valence-electron chi connectivity index (χ1n) is 7.62. The normalized spacial score (nSPS) is 14.5. The summed E-state index contributed by atoms with van der Waals surface area (Å²) in [6, 6.07) is 0. The molecule has 0 aromatic rings. The van der Waals surface area contributed by atoms with E-state index in [1.54, 1.807) is 0 Å². The third kappa shape index (κ3) is 6.73. The van der Waals surface area contributed by atoms with Crippen molar-refractivity contribution in [1.82, 2.24) is 0 Å². The van der Waals surface area contributed by atoms with Gasteiger partial charge in [0.15, 0.2) is 8.32 Å². The van der Waals surface area contributed by atoms with E-state index in [-0.39, 0.29) is 17.7 Å². The number of hydrogen-bond donors (Lipinski definition) is 1. The summed E-state index contributed by atoms with van der Waals surface area (Å²) in [5.74, 6) is 0. The molecule has 0 aliphatic carbocycles. The predicted molar refractivity (Wildman–Crippen MR) is 87.1 cm³/mol. The maximum atomic E-state index is 9.34. The quantitative estimate of drug-likeness (QED) is 0.371. The zero-order valence-corrected chi connectivity index (χ0v) is 14.9. The van der Waals surface area contributed by atoms with Gasteiger partial charge in [-0.25, -0.2) is 0 Å². The van der Waals surface area contributed by atoms with Crippen LogP contribution in [0.15, 0.2) is 12.2 Å². The monoisotopic (exact) mass is 286 g/mol. The van der Waals surface area contributed by atoms with Crippen LogP contribution in [0.2, 0.25) is 18.1 Å². The van der Waals surface area contributed by atoms with E-state index in [9.17, 15) is 5.11 Å². The summed E-state index contributed by atoms with van der Waals surface area (Å²) in [4.78, 5) is 0. The topological polar surface area (TPSA) is 29.5 Å². The minimum Gasteiger partial charge on any atom is -0.410 e. The van der Waals surface area contributed by atoms with E-state index in [1.165, 1.54) is 19.3 Å². The van der Waals surface area contributed by atoms with Gasteiger partial charge in [0.2, 0.25) is 0 Å². The summed E-state index contributed by atoms with van der Waals surface area (Å²) >= 11 is 0. The van der Waals surface area contributed by atoms with Gasteiger partial charge in [-0.3, -0.25) is 0 Å². The molecule has 0 aliphatic heterocycles. The molecule has 1 N–H and O–H groups in total. The lowest BCUT2D eigenvalue weighted by Crippen LogP contribution is -2.44. The van der Waals surface area contributed by atoms with Crippen LogP contribution < -0.4 is 0 Å². The van der Waals surface area contributed by atoms with Crippen LogP contribution in [0.1, 0.15) is 59.8 Å². The molecule has 0 radical (unpaired) electrons. The van der Waals surface area contributed by atoms with Crippen LogP contribution >= 0.6 is 0 Å². The highest BCUT2D eigenvalue weighted by Gasteiger charge is 2.39. The highest BCUT2D eigenvalue weighted by Crippen LogP contribution is 2.38. The Morgan fingerprint density at radius 1 is 1.21 bits per heavy atom. The van der Waals surface area contributed by atoms with Gasteiger partial charge in [-0.2, -0.15) is 0 Å². The lowest BCUT2D eigenvalue weighted by Gasteiger charge is -2.39. The van der Waals surface area contributed by atoms with Gasteiger partial charge in [0, 0.05) is 0 Å². The van der Waals surface area contributed by atoms with Crippen LogP contribution in [0.4, 0.5) is 0 Å². The summed E-state index contributed by atoms with van der Waals surface area (Å²) in [5.41, 5.74) is 0.835. The zero-order chi connectivity index (χ0) is 15.1.